The highest BCUT2D eigenvalue weighted by Crippen LogP contribution is 2.31. The molecule has 0 aliphatic carbocycles. The monoisotopic (exact) mass is 521 g/mol. The third-order valence-electron chi connectivity index (χ3n) is 5.58. The molecule has 4 rings (SSSR count). The summed E-state index contributed by atoms with van der Waals surface area (Å²) in [6.45, 7) is 2.93. The van der Waals surface area contributed by atoms with Crippen molar-refractivity contribution in [2.45, 2.75) is 31.6 Å². The highest BCUT2D eigenvalue weighted by Gasteiger charge is 2.36. The Kier molecular flexibility index (Phi) is 8.79. The van der Waals surface area contributed by atoms with Crippen LogP contribution in [0.3, 0.4) is 0 Å². The van der Waals surface area contributed by atoms with E-state index in [9.17, 15) is 14.0 Å². The zero-order chi connectivity index (χ0) is 26.2. The number of aliphatic imine (C=N–C) groups is 1. The van der Waals surface area contributed by atoms with E-state index >= 15 is 0 Å². The molecule has 0 radical (unpaired) electrons. The first-order chi connectivity index (χ1) is 17.9. The number of thioether (sulfide) groups is 1. The van der Waals surface area contributed by atoms with Crippen molar-refractivity contribution in [2.75, 3.05) is 19.0 Å². The van der Waals surface area contributed by atoms with Crippen molar-refractivity contribution < 1.29 is 23.5 Å². The second kappa shape index (κ2) is 12.4. The summed E-state index contributed by atoms with van der Waals surface area (Å²) in [6, 6.07) is 20.2. The second-order valence-electron chi connectivity index (χ2n) is 8.37. The molecule has 2 amide bonds. The van der Waals surface area contributed by atoms with Crippen molar-refractivity contribution in [3.05, 3.63) is 84.2 Å². The lowest BCUT2D eigenvalue weighted by Gasteiger charge is -2.32. The smallest absolute Gasteiger partial charge is 0.238 e. The molecule has 1 atom stereocenters. The average molecular weight is 522 g/mol. The number of benzene rings is 3. The van der Waals surface area contributed by atoms with E-state index in [1.165, 1.54) is 36.0 Å². The Morgan fingerprint density at radius 1 is 1.05 bits per heavy atom. The van der Waals surface area contributed by atoms with Crippen LogP contribution in [0.2, 0.25) is 0 Å². The first kappa shape index (κ1) is 26.2. The molecule has 1 aliphatic rings. The lowest BCUT2D eigenvalue weighted by molar-refractivity contribution is -0.129. The number of anilines is 1. The predicted octanol–water partition coefficient (Wildman–Crippen LogP) is 5.78. The van der Waals surface area contributed by atoms with Crippen molar-refractivity contribution in [1.82, 2.24) is 4.90 Å². The first-order valence-electron chi connectivity index (χ1n) is 11.9. The molecule has 1 N–H and O–H groups in total. The van der Waals surface area contributed by atoms with Crippen LogP contribution in [-0.2, 0) is 16.1 Å². The standard InChI is InChI=1S/C28H28FN3O4S/c1-3-16-36-24-14-10-21(11-15-24)30-27(34)25-17-26(33)32(18-19-4-12-23(35-2)13-5-19)28(37-25)31-22-8-6-20(29)7-9-22/h4-15,25H,3,16-18H2,1-2H3,(H,30,34). The van der Waals surface area contributed by atoms with Crippen molar-refractivity contribution in [2.24, 2.45) is 4.99 Å². The highest BCUT2D eigenvalue weighted by atomic mass is 32.2. The van der Waals surface area contributed by atoms with Crippen molar-refractivity contribution in [1.29, 1.82) is 0 Å². The maximum atomic E-state index is 13.4. The zero-order valence-corrected chi connectivity index (χ0v) is 21.5. The van der Waals surface area contributed by atoms with E-state index in [2.05, 4.69) is 10.3 Å². The van der Waals surface area contributed by atoms with Gasteiger partial charge in [-0.05, 0) is 72.6 Å². The number of hydrogen-bond donors (Lipinski definition) is 1. The van der Waals surface area contributed by atoms with Gasteiger partial charge in [0.2, 0.25) is 11.8 Å². The molecule has 1 fully saturated rings. The van der Waals surface area contributed by atoms with Gasteiger partial charge in [0.25, 0.3) is 0 Å². The number of hydrogen-bond acceptors (Lipinski definition) is 6. The largest absolute Gasteiger partial charge is 0.497 e. The summed E-state index contributed by atoms with van der Waals surface area (Å²) in [4.78, 5) is 32.5. The number of amides is 2. The number of amidine groups is 1. The lowest BCUT2D eigenvalue weighted by atomic mass is 10.2. The molecule has 1 aliphatic heterocycles. The fourth-order valence-electron chi connectivity index (χ4n) is 3.61. The molecule has 0 spiro atoms. The summed E-state index contributed by atoms with van der Waals surface area (Å²) in [5.74, 6) is 0.542. The summed E-state index contributed by atoms with van der Waals surface area (Å²) >= 11 is 1.21. The van der Waals surface area contributed by atoms with E-state index in [0.29, 0.717) is 28.9 Å². The fourth-order valence-corrected chi connectivity index (χ4v) is 4.71. The maximum Gasteiger partial charge on any atom is 0.238 e. The third kappa shape index (κ3) is 7.10. The van der Waals surface area contributed by atoms with E-state index in [4.69, 9.17) is 9.47 Å². The van der Waals surface area contributed by atoms with Gasteiger partial charge < -0.3 is 14.8 Å². The Hall–Kier alpha value is -3.85. The summed E-state index contributed by atoms with van der Waals surface area (Å²) in [5, 5.41) is 2.59. The van der Waals surface area contributed by atoms with Crippen molar-refractivity contribution in [3.63, 3.8) is 0 Å². The molecular weight excluding hydrogens is 493 g/mol. The lowest BCUT2D eigenvalue weighted by Crippen LogP contribution is -2.44. The van der Waals surface area contributed by atoms with Gasteiger partial charge in [-0.2, -0.15) is 0 Å². The normalized spacial score (nSPS) is 16.5. The van der Waals surface area contributed by atoms with Gasteiger partial charge in [0.15, 0.2) is 5.17 Å². The Bertz CT molecular complexity index is 1250. The van der Waals surface area contributed by atoms with Gasteiger partial charge in [-0.1, -0.05) is 30.8 Å². The number of ether oxygens (including phenoxy) is 2. The highest BCUT2D eigenvalue weighted by molar-refractivity contribution is 8.15. The minimum Gasteiger partial charge on any atom is -0.497 e. The Labute approximate surface area is 219 Å². The number of rotatable bonds is 9. The topological polar surface area (TPSA) is 80.2 Å². The van der Waals surface area contributed by atoms with Crippen LogP contribution in [0, 0.1) is 5.82 Å². The molecule has 3 aromatic carbocycles. The van der Waals surface area contributed by atoms with E-state index < -0.39 is 5.25 Å². The van der Waals surface area contributed by atoms with Gasteiger partial charge in [0.05, 0.1) is 25.9 Å². The maximum absolute atomic E-state index is 13.4. The molecule has 0 saturated carbocycles. The molecule has 9 heteroatoms. The molecule has 0 aromatic heterocycles. The molecule has 3 aromatic rings. The van der Waals surface area contributed by atoms with Crippen molar-refractivity contribution >= 4 is 40.1 Å². The van der Waals surface area contributed by atoms with Gasteiger partial charge in [0, 0.05) is 12.1 Å². The van der Waals surface area contributed by atoms with E-state index in [-0.39, 0.29) is 30.6 Å². The SMILES string of the molecule is CCCOc1ccc(NC(=O)C2CC(=O)N(Cc3ccc(OC)cc3)C(=Nc3ccc(F)cc3)S2)cc1. The van der Waals surface area contributed by atoms with Crippen LogP contribution in [0.1, 0.15) is 25.3 Å². The van der Waals surface area contributed by atoms with Gasteiger partial charge >= 0.3 is 0 Å². The minimum absolute atomic E-state index is 0.0206. The van der Waals surface area contributed by atoms with Crippen LogP contribution < -0.4 is 14.8 Å². The number of carbonyl (C=O) groups excluding carboxylic acids is 2. The molecule has 1 saturated heterocycles. The minimum atomic E-state index is -0.671. The van der Waals surface area contributed by atoms with Gasteiger partial charge in [0.1, 0.15) is 22.6 Å². The first-order valence-corrected chi connectivity index (χ1v) is 12.8. The van der Waals surface area contributed by atoms with E-state index in [1.54, 1.807) is 36.3 Å². The summed E-state index contributed by atoms with van der Waals surface area (Å²) in [5.41, 5.74) is 1.98. The summed E-state index contributed by atoms with van der Waals surface area (Å²) in [7, 11) is 1.59. The van der Waals surface area contributed by atoms with Crippen LogP contribution in [0.5, 0.6) is 11.5 Å². The third-order valence-corrected chi connectivity index (χ3v) is 6.77. The van der Waals surface area contributed by atoms with Crippen LogP contribution in [0.15, 0.2) is 77.8 Å². The Morgan fingerprint density at radius 3 is 2.38 bits per heavy atom. The van der Waals surface area contributed by atoms with Crippen LogP contribution >= 0.6 is 11.8 Å². The molecule has 37 heavy (non-hydrogen) atoms. The number of nitrogens with one attached hydrogen (secondary N) is 1. The van der Waals surface area contributed by atoms with E-state index in [1.807, 2.05) is 31.2 Å². The quantitative estimate of drug-likeness (QED) is 0.386. The average Bonchev–Trinajstić information content (AvgIpc) is 2.91. The number of methoxy groups -OCH3 is 1. The predicted molar refractivity (Wildman–Crippen MR) is 144 cm³/mol. The molecular formula is C28H28FN3O4S. The molecule has 7 nitrogen and oxygen atoms in total. The number of carbonyl (C=O) groups is 2. The Morgan fingerprint density at radius 2 is 1.73 bits per heavy atom. The fraction of sp³-hybridized carbons (Fsp3) is 0.250. The van der Waals surface area contributed by atoms with Crippen LogP contribution in [0.4, 0.5) is 15.8 Å². The van der Waals surface area contributed by atoms with Crippen molar-refractivity contribution in [3.8, 4) is 11.5 Å². The van der Waals surface area contributed by atoms with E-state index in [0.717, 1.165) is 17.7 Å². The number of halogens is 1. The van der Waals surface area contributed by atoms with Crippen LogP contribution in [-0.4, -0.2) is 40.8 Å². The van der Waals surface area contributed by atoms with Crippen LogP contribution in [0.25, 0.3) is 0 Å². The molecule has 192 valence electrons. The van der Waals surface area contributed by atoms with Gasteiger partial charge in [-0.15, -0.1) is 0 Å². The molecule has 0 bridgehead atoms. The molecule has 1 heterocycles. The zero-order valence-electron chi connectivity index (χ0n) is 20.6. The summed E-state index contributed by atoms with van der Waals surface area (Å²) < 4.78 is 24.2. The number of nitrogens with zero attached hydrogens (tertiary/aromatic N) is 2. The van der Waals surface area contributed by atoms with Gasteiger partial charge in [-0.25, -0.2) is 9.38 Å². The van der Waals surface area contributed by atoms with Gasteiger partial charge in [-0.3, -0.25) is 14.5 Å². The summed E-state index contributed by atoms with van der Waals surface area (Å²) in [6.07, 6.45) is 0.926. The second-order valence-corrected chi connectivity index (χ2v) is 9.54. The Balaban J connectivity index is 1.52. The molecule has 1 unspecified atom stereocenters.